The van der Waals surface area contributed by atoms with Gasteiger partial charge in [-0.2, -0.15) is 5.10 Å². The number of hydrogen-bond acceptors (Lipinski definition) is 5. The number of nitrogens with zero attached hydrogens (tertiary/aromatic N) is 2. The lowest BCUT2D eigenvalue weighted by atomic mass is 10.1. The van der Waals surface area contributed by atoms with Crippen LogP contribution in [0.4, 0.5) is 5.69 Å². The van der Waals surface area contributed by atoms with Gasteiger partial charge in [-0.15, -0.1) is 0 Å². The first-order chi connectivity index (χ1) is 13.1. The van der Waals surface area contributed by atoms with Crippen LogP contribution in [0.3, 0.4) is 0 Å². The number of fused-ring (bicyclic) bond motifs is 1. The molecule has 1 amide bonds. The summed E-state index contributed by atoms with van der Waals surface area (Å²) in [6.07, 6.45) is 6.30. The number of aromatic nitrogens is 2. The highest BCUT2D eigenvalue weighted by atomic mass is 16.5. The third kappa shape index (κ3) is 3.58. The van der Waals surface area contributed by atoms with Crippen molar-refractivity contribution in [3.05, 3.63) is 36.0 Å². The van der Waals surface area contributed by atoms with Crippen LogP contribution >= 0.6 is 0 Å². The van der Waals surface area contributed by atoms with E-state index in [0.29, 0.717) is 36.2 Å². The molecule has 0 saturated carbocycles. The topological polar surface area (TPSA) is 103 Å². The summed E-state index contributed by atoms with van der Waals surface area (Å²) in [6, 6.07) is 5.15. The molecule has 8 nitrogen and oxygen atoms in total. The maximum atomic E-state index is 12.3. The van der Waals surface area contributed by atoms with Crippen molar-refractivity contribution in [2.75, 3.05) is 18.5 Å². The normalized spacial score (nSPS) is 22.7. The zero-order chi connectivity index (χ0) is 18.8. The van der Waals surface area contributed by atoms with E-state index in [2.05, 4.69) is 10.4 Å². The highest BCUT2D eigenvalue weighted by Crippen LogP contribution is 2.30. The van der Waals surface area contributed by atoms with Crippen LogP contribution in [0.2, 0.25) is 0 Å². The second-order valence-electron chi connectivity index (χ2n) is 6.67. The number of carbonyl (C=O) groups is 2. The molecular formula is C19H21N3O5. The van der Waals surface area contributed by atoms with Gasteiger partial charge in [-0.3, -0.25) is 4.79 Å². The smallest absolute Gasteiger partial charge is 0.357 e. The number of amides is 1. The molecule has 2 aliphatic rings. The summed E-state index contributed by atoms with van der Waals surface area (Å²) in [5, 5.41) is 17.1. The fourth-order valence-electron chi connectivity index (χ4n) is 3.45. The van der Waals surface area contributed by atoms with Crippen molar-refractivity contribution in [1.29, 1.82) is 0 Å². The van der Waals surface area contributed by atoms with Crippen LogP contribution in [0.15, 0.2) is 30.4 Å². The molecule has 2 aliphatic heterocycles. The first-order valence-electron chi connectivity index (χ1n) is 9.08. The molecule has 3 heterocycles. The van der Waals surface area contributed by atoms with Gasteiger partial charge in [0, 0.05) is 24.1 Å². The molecule has 0 radical (unpaired) electrons. The monoisotopic (exact) mass is 371 g/mol. The number of nitrogens with one attached hydrogen (secondary N) is 1. The number of carboxylic acids is 1. The molecule has 1 aromatic carbocycles. The number of hydrogen-bond donors (Lipinski definition) is 2. The average Bonchev–Trinajstić information content (AvgIpc) is 3.08. The molecule has 2 aromatic rings. The molecule has 0 spiro atoms. The Kier molecular flexibility index (Phi) is 4.91. The van der Waals surface area contributed by atoms with E-state index in [1.165, 1.54) is 0 Å². The molecule has 1 aromatic heterocycles. The third-order valence-electron chi connectivity index (χ3n) is 4.81. The Labute approximate surface area is 155 Å². The number of aromatic carboxylic acids is 1. The lowest BCUT2D eigenvalue weighted by Crippen LogP contribution is -2.31. The number of ether oxygens (including phenoxy) is 2. The fourth-order valence-corrected chi connectivity index (χ4v) is 3.45. The Hall–Kier alpha value is -2.71. The van der Waals surface area contributed by atoms with Gasteiger partial charge < -0.3 is 19.9 Å². The van der Waals surface area contributed by atoms with Gasteiger partial charge >= 0.3 is 5.97 Å². The number of carbonyl (C=O) groups excluding carboxylic acids is 1. The molecule has 0 bridgehead atoms. The second-order valence-corrected chi connectivity index (χ2v) is 6.67. The van der Waals surface area contributed by atoms with E-state index >= 15 is 0 Å². The Balaban J connectivity index is 1.64. The second kappa shape index (κ2) is 7.50. The summed E-state index contributed by atoms with van der Waals surface area (Å²) in [6.45, 7) is 1.05. The van der Waals surface area contributed by atoms with E-state index in [4.69, 9.17) is 9.47 Å². The summed E-state index contributed by atoms with van der Waals surface area (Å²) in [7, 11) is 0. The van der Waals surface area contributed by atoms with Gasteiger partial charge in [-0.05, 0) is 37.5 Å². The number of benzene rings is 1. The maximum absolute atomic E-state index is 12.3. The van der Waals surface area contributed by atoms with Crippen LogP contribution < -0.4 is 5.32 Å². The highest BCUT2D eigenvalue weighted by Gasteiger charge is 2.25. The van der Waals surface area contributed by atoms with Gasteiger partial charge in [-0.25, -0.2) is 9.48 Å². The molecule has 1 fully saturated rings. The van der Waals surface area contributed by atoms with Crippen LogP contribution in [-0.4, -0.2) is 46.1 Å². The van der Waals surface area contributed by atoms with Crippen molar-refractivity contribution in [2.45, 2.75) is 38.0 Å². The van der Waals surface area contributed by atoms with Gasteiger partial charge in [0.1, 0.15) is 6.10 Å². The standard InChI is InChI=1S/C19H21N3O5/c23-18(15-5-1-3-9-26-15)20-12-7-8-14-13(11-12)17(19(24)25)21-22(14)16-6-2-4-10-27-16/h1,3,7-8,11,15-16H,2,4-6,9-10H2,(H,20,23)(H,24,25). The molecule has 1 saturated heterocycles. The minimum atomic E-state index is -1.11. The average molecular weight is 371 g/mol. The first-order valence-corrected chi connectivity index (χ1v) is 9.08. The molecule has 4 rings (SSSR count). The van der Waals surface area contributed by atoms with Crippen LogP contribution in [0.1, 0.15) is 42.4 Å². The SMILES string of the molecule is O=C(O)c1nn(C2CCCCO2)c2ccc(NC(=O)C3CC=CCO3)cc12. The third-order valence-corrected chi connectivity index (χ3v) is 4.81. The van der Waals surface area contributed by atoms with Gasteiger partial charge in [0.25, 0.3) is 5.91 Å². The van der Waals surface area contributed by atoms with Crippen molar-refractivity contribution >= 4 is 28.5 Å². The van der Waals surface area contributed by atoms with Gasteiger partial charge in [0.2, 0.25) is 0 Å². The van der Waals surface area contributed by atoms with Crippen LogP contribution in [0, 0.1) is 0 Å². The Morgan fingerprint density at radius 1 is 1.22 bits per heavy atom. The number of rotatable bonds is 4. The van der Waals surface area contributed by atoms with E-state index in [1.54, 1.807) is 22.9 Å². The van der Waals surface area contributed by atoms with E-state index < -0.39 is 12.1 Å². The zero-order valence-corrected chi connectivity index (χ0v) is 14.8. The number of carboxylic acid groups (broad SMARTS) is 1. The van der Waals surface area contributed by atoms with Crippen molar-refractivity contribution in [3.8, 4) is 0 Å². The lowest BCUT2D eigenvalue weighted by Gasteiger charge is -2.23. The Morgan fingerprint density at radius 2 is 2.11 bits per heavy atom. The van der Waals surface area contributed by atoms with E-state index in [9.17, 15) is 14.7 Å². The summed E-state index contributed by atoms with van der Waals surface area (Å²) < 4.78 is 12.8. The van der Waals surface area contributed by atoms with Gasteiger partial charge in [0.15, 0.2) is 11.9 Å². The molecular weight excluding hydrogens is 350 g/mol. The molecule has 8 heteroatoms. The Morgan fingerprint density at radius 3 is 2.81 bits per heavy atom. The lowest BCUT2D eigenvalue weighted by molar-refractivity contribution is -0.126. The Bertz CT molecular complexity index is 898. The largest absolute Gasteiger partial charge is 0.476 e. The molecule has 142 valence electrons. The maximum Gasteiger partial charge on any atom is 0.357 e. The summed E-state index contributed by atoms with van der Waals surface area (Å²) >= 11 is 0. The van der Waals surface area contributed by atoms with Crippen molar-refractivity contribution in [3.63, 3.8) is 0 Å². The quantitative estimate of drug-likeness (QED) is 0.801. The van der Waals surface area contributed by atoms with Crippen LogP contribution in [0.5, 0.6) is 0 Å². The van der Waals surface area contributed by atoms with Gasteiger partial charge in [0.05, 0.1) is 12.1 Å². The van der Waals surface area contributed by atoms with Crippen molar-refractivity contribution in [1.82, 2.24) is 9.78 Å². The molecule has 0 aliphatic carbocycles. The predicted molar refractivity (Wildman–Crippen MR) is 97.7 cm³/mol. The van der Waals surface area contributed by atoms with Crippen LogP contribution in [-0.2, 0) is 14.3 Å². The summed E-state index contributed by atoms with van der Waals surface area (Å²) in [5.74, 6) is -1.36. The predicted octanol–water partition coefficient (Wildman–Crippen LogP) is 2.72. The first kappa shape index (κ1) is 17.7. The summed E-state index contributed by atoms with van der Waals surface area (Å²) in [4.78, 5) is 24.0. The molecule has 2 atom stereocenters. The van der Waals surface area contributed by atoms with E-state index in [0.717, 1.165) is 19.3 Å². The molecule has 2 unspecified atom stereocenters. The fraction of sp³-hybridized carbons (Fsp3) is 0.421. The van der Waals surface area contributed by atoms with Gasteiger partial charge in [-0.1, -0.05) is 12.2 Å². The van der Waals surface area contributed by atoms with Crippen molar-refractivity contribution < 1.29 is 24.2 Å². The minimum absolute atomic E-state index is 0.0490. The molecule has 2 N–H and O–H groups in total. The highest BCUT2D eigenvalue weighted by molar-refractivity contribution is 6.03. The van der Waals surface area contributed by atoms with E-state index in [1.807, 2.05) is 12.2 Å². The number of anilines is 1. The minimum Gasteiger partial charge on any atom is -0.476 e. The summed E-state index contributed by atoms with van der Waals surface area (Å²) in [5.41, 5.74) is 1.14. The van der Waals surface area contributed by atoms with Crippen molar-refractivity contribution in [2.24, 2.45) is 0 Å². The van der Waals surface area contributed by atoms with E-state index in [-0.39, 0.29) is 17.8 Å². The molecule has 27 heavy (non-hydrogen) atoms. The zero-order valence-electron chi connectivity index (χ0n) is 14.8. The van der Waals surface area contributed by atoms with Crippen LogP contribution in [0.25, 0.3) is 10.9 Å².